The van der Waals surface area contributed by atoms with Gasteiger partial charge < -0.3 is 4.90 Å². The first-order chi connectivity index (χ1) is 12.2. The predicted octanol–water partition coefficient (Wildman–Crippen LogP) is 4.87. The van der Waals surface area contributed by atoms with Gasteiger partial charge in [-0.3, -0.25) is 4.79 Å². The van der Waals surface area contributed by atoms with Gasteiger partial charge in [-0.05, 0) is 41.7 Å². The zero-order valence-electron chi connectivity index (χ0n) is 14.4. The molecule has 1 aliphatic rings. The van der Waals surface area contributed by atoms with Crippen LogP contribution in [0.25, 0.3) is 0 Å². The minimum Gasteiger partial charge on any atom is -0.307 e. The fourth-order valence-corrected chi connectivity index (χ4v) is 3.65. The van der Waals surface area contributed by atoms with Gasteiger partial charge >= 0.3 is 0 Å². The predicted molar refractivity (Wildman–Crippen MR) is 102 cm³/mol. The monoisotopic (exact) mass is 327 g/mol. The highest BCUT2D eigenvalue weighted by Gasteiger charge is 2.36. The van der Waals surface area contributed by atoms with E-state index >= 15 is 0 Å². The van der Waals surface area contributed by atoms with Crippen molar-refractivity contribution >= 4 is 11.6 Å². The van der Waals surface area contributed by atoms with Gasteiger partial charge in [-0.15, -0.1) is 0 Å². The highest BCUT2D eigenvalue weighted by Crippen LogP contribution is 2.40. The molecule has 2 nitrogen and oxygen atoms in total. The number of hydrogen-bond acceptors (Lipinski definition) is 1. The summed E-state index contributed by atoms with van der Waals surface area (Å²) in [6.45, 7) is 2.74. The first-order valence-corrected chi connectivity index (χ1v) is 8.73. The standard InChI is InChI=1S/C23H21NO/c1-17-9-5-6-12-19(17)15-21-20-13-7-8-14-22(20)24(23(21)25)16-18-10-3-2-4-11-18/h2-14,21H,15-16H2,1H3. The van der Waals surface area contributed by atoms with Crippen LogP contribution in [0.4, 0.5) is 5.69 Å². The van der Waals surface area contributed by atoms with E-state index in [2.05, 4.69) is 49.4 Å². The lowest BCUT2D eigenvalue weighted by atomic mass is 9.91. The number of rotatable bonds is 4. The molecule has 2 heteroatoms. The molecule has 3 aromatic rings. The lowest BCUT2D eigenvalue weighted by molar-refractivity contribution is -0.119. The van der Waals surface area contributed by atoms with E-state index in [1.807, 2.05) is 41.3 Å². The van der Waals surface area contributed by atoms with Crippen LogP contribution < -0.4 is 4.90 Å². The third-order valence-corrected chi connectivity index (χ3v) is 5.04. The van der Waals surface area contributed by atoms with Crippen molar-refractivity contribution in [2.24, 2.45) is 0 Å². The molecule has 0 spiro atoms. The number of amides is 1. The van der Waals surface area contributed by atoms with Gasteiger partial charge in [0.05, 0.1) is 12.5 Å². The number of aryl methyl sites for hydroxylation is 1. The van der Waals surface area contributed by atoms with Gasteiger partial charge in [-0.25, -0.2) is 0 Å². The molecule has 1 aliphatic heterocycles. The maximum atomic E-state index is 13.2. The van der Waals surface area contributed by atoms with Crippen molar-refractivity contribution in [3.05, 3.63) is 101 Å². The summed E-state index contributed by atoms with van der Waals surface area (Å²) in [5.74, 6) is 0.106. The van der Waals surface area contributed by atoms with Crippen molar-refractivity contribution in [1.82, 2.24) is 0 Å². The minimum atomic E-state index is -0.0963. The Bertz CT molecular complexity index is 901. The van der Waals surface area contributed by atoms with E-state index in [0.29, 0.717) is 6.54 Å². The molecule has 124 valence electrons. The molecule has 0 bridgehead atoms. The van der Waals surface area contributed by atoms with Crippen LogP contribution in [-0.2, 0) is 17.8 Å². The van der Waals surface area contributed by atoms with Crippen molar-refractivity contribution in [1.29, 1.82) is 0 Å². The Morgan fingerprint density at radius 2 is 1.52 bits per heavy atom. The molecule has 1 atom stereocenters. The van der Waals surface area contributed by atoms with E-state index in [-0.39, 0.29) is 11.8 Å². The molecular formula is C23H21NO. The summed E-state index contributed by atoms with van der Waals surface area (Å²) in [5, 5.41) is 0. The van der Waals surface area contributed by atoms with Crippen molar-refractivity contribution < 1.29 is 4.79 Å². The van der Waals surface area contributed by atoms with Crippen molar-refractivity contribution in [3.8, 4) is 0 Å². The Balaban J connectivity index is 1.68. The maximum absolute atomic E-state index is 13.2. The highest BCUT2D eigenvalue weighted by atomic mass is 16.2. The Kier molecular flexibility index (Phi) is 4.10. The minimum absolute atomic E-state index is 0.0963. The molecule has 0 radical (unpaired) electrons. The van der Waals surface area contributed by atoms with E-state index in [1.165, 1.54) is 11.1 Å². The van der Waals surface area contributed by atoms with Crippen LogP contribution in [0.15, 0.2) is 78.9 Å². The second kappa shape index (κ2) is 6.56. The van der Waals surface area contributed by atoms with Gasteiger partial charge in [0.25, 0.3) is 0 Å². The second-order valence-corrected chi connectivity index (χ2v) is 6.65. The molecule has 0 aliphatic carbocycles. The molecule has 3 aromatic carbocycles. The first-order valence-electron chi connectivity index (χ1n) is 8.73. The molecular weight excluding hydrogens is 306 g/mol. The van der Waals surface area contributed by atoms with Gasteiger partial charge in [0.1, 0.15) is 0 Å². The summed E-state index contributed by atoms with van der Waals surface area (Å²) < 4.78 is 0. The number of nitrogens with zero attached hydrogens (tertiary/aromatic N) is 1. The summed E-state index contributed by atoms with van der Waals surface area (Å²) >= 11 is 0. The third kappa shape index (κ3) is 2.96. The number of benzene rings is 3. The fraction of sp³-hybridized carbons (Fsp3) is 0.174. The number of hydrogen-bond donors (Lipinski definition) is 0. The van der Waals surface area contributed by atoms with E-state index in [0.717, 1.165) is 23.2 Å². The molecule has 1 amide bonds. The van der Waals surface area contributed by atoms with E-state index in [9.17, 15) is 4.79 Å². The second-order valence-electron chi connectivity index (χ2n) is 6.65. The van der Waals surface area contributed by atoms with E-state index in [4.69, 9.17) is 0 Å². The maximum Gasteiger partial charge on any atom is 0.235 e. The van der Waals surface area contributed by atoms with Crippen LogP contribution in [-0.4, -0.2) is 5.91 Å². The Hall–Kier alpha value is -2.87. The largest absolute Gasteiger partial charge is 0.307 e. The average Bonchev–Trinajstić information content (AvgIpc) is 2.90. The van der Waals surface area contributed by atoms with Crippen LogP contribution in [0.2, 0.25) is 0 Å². The molecule has 0 saturated carbocycles. The zero-order chi connectivity index (χ0) is 17.2. The number of carbonyl (C=O) groups is 1. The van der Waals surface area contributed by atoms with Crippen molar-refractivity contribution in [2.75, 3.05) is 4.90 Å². The summed E-state index contributed by atoms with van der Waals surface area (Å²) in [6.07, 6.45) is 0.758. The summed E-state index contributed by atoms with van der Waals surface area (Å²) in [5.41, 5.74) is 5.84. The van der Waals surface area contributed by atoms with Crippen LogP contribution in [0.5, 0.6) is 0 Å². The fourth-order valence-electron chi connectivity index (χ4n) is 3.65. The zero-order valence-corrected chi connectivity index (χ0v) is 14.4. The van der Waals surface area contributed by atoms with Gasteiger partial charge in [0.15, 0.2) is 0 Å². The molecule has 25 heavy (non-hydrogen) atoms. The molecule has 0 aromatic heterocycles. The summed E-state index contributed by atoms with van der Waals surface area (Å²) in [4.78, 5) is 15.1. The Labute approximate surface area is 148 Å². The smallest absolute Gasteiger partial charge is 0.235 e. The molecule has 1 heterocycles. The molecule has 1 unspecified atom stereocenters. The van der Waals surface area contributed by atoms with Crippen molar-refractivity contribution in [3.63, 3.8) is 0 Å². The quantitative estimate of drug-likeness (QED) is 0.669. The Morgan fingerprint density at radius 1 is 0.840 bits per heavy atom. The molecule has 0 fully saturated rings. The van der Waals surface area contributed by atoms with Gasteiger partial charge in [-0.1, -0.05) is 72.8 Å². The van der Waals surface area contributed by atoms with Gasteiger partial charge in [0, 0.05) is 5.69 Å². The van der Waals surface area contributed by atoms with E-state index < -0.39 is 0 Å². The van der Waals surface area contributed by atoms with Gasteiger partial charge in [-0.2, -0.15) is 0 Å². The average molecular weight is 327 g/mol. The molecule has 0 N–H and O–H groups in total. The molecule has 0 saturated heterocycles. The SMILES string of the molecule is Cc1ccccc1CC1C(=O)N(Cc2ccccc2)c2ccccc21. The van der Waals surface area contributed by atoms with Crippen molar-refractivity contribution in [2.45, 2.75) is 25.8 Å². The third-order valence-electron chi connectivity index (χ3n) is 5.04. The number of fused-ring (bicyclic) bond motifs is 1. The Morgan fingerprint density at radius 3 is 2.32 bits per heavy atom. The lowest BCUT2D eigenvalue weighted by Gasteiger charge is -2.18. The topological polar surface area (TPSA) is 20.3 Å². The highest BCUT2D eigenvalue weighted by molar-refractivity contribution is 6.05. The molecule has 4 rings (SSSR count). The van der Waals surface area contributed by atoms with Crippen LogP contribution >= 0.6 is 0 Å². The normalized spacial score (nSPS) is 16.1. The number of anilines is 1. The first kappa shape index (κ1) is 15.6. The number of carbonyl (C=O) groups excluding carboxylic acids is 1. The van der Waals surface area contributed by atoms with Crippen LogP contribution in [0.1, 0.15) is 28.2 Å². The van der Waals surface area contributed by atoms with Gasteiger partial charge in [0.2, 0.25) is 5.91 Å². The lowest BCUT2D eigenvalue weighted by Crippen LogP contribution is -2.29. The van der Waals surface area contributed by atoms with Crippen LogP contribution in [0.3, 0.4) is 0 Å². The summed E-state index contributed by atoms with van der Waals surface area (Å²) in [7, 11) is 0. The number of para-hydroxylation sites is 1. The van der Waals surface area contributed by atoms with E-state index in [1.54, 1.807) is 0 Å². The van der Waals surface area contributed by atoms with Crippen LogP contribution in [0, 0.1) is 6.92 Å². The summed E-state index contributed by atoms with van der Waals surface area (Å²) in [6, 6.07) is 26.7.